The van der Waals surface area contributed by atoms with Gasteiger partial charge in [-0.15, -0.1) is 0 Å². The molecule has 1 unspecified atom stereocenters. The molecular weight excluding hydrogens is 190 g/mol. The number of rotatable bonds is 6. The van der Waals surface area contributed by atoms with Gasteiger partial charge in [0.15, 0.2) is 0 Å². The Bertz CT molecular complexity index is 164. The van der Waals surface area contributed by atoms with E-state index in [1.54, 1.807) is 0 Å². The molecule has 2 atom stereocenters. The topological polar surface area (TPSA) is 21.7 Å². The van der Waals surface area contributed by atoms with Crippen LogP contribution in [0.3, 0.4) is 0 Å². The summed E-state index contributed by atoms with van der Waals surface area (Å²) in [7, 11) is 0. The lowest BCUT2D eigenvalue weighted by molar-refractivity contribution is -0.0227. The van der Waals surface area contributed by atoms with Crippen molar-refractivity contribution in [3.8, 4) is 0 Å². The Morgan fingerprint density at radius 1 is 1.53 bits per heavy atom. The minimum Gasteiger partial charge on any atom is -0.378 e. The predicted molar refractivity (Wildman–Crippen MR) is 62.2 cm³/mol. The van der Waals surface area contributed by atoms with Crippen LogP contribution in [0.2, 0.25) is 0 Å². The molecule has 0 spiro atoms. The van der Waals surface area contributed by atoms with Gasteiger partial charge in [0.05, 0.1) is 18.8 Å². The third kappa shape index (κ3) is 5.50. The third-order valence-corrected chi connectivity index (χ3v) is 2.92. The molecule has 0 aromatic heterocycles. The van der Waals surface area contributed by atoms with Crippen LogP contribution >= 0.6 is 0 Å². The average molecular weight is 215 g/mol. The molecule has 15 heavy (non-hydrogen) atoms. The van der Waals surface area contributed by atoms with Gasteiger partial charge in [0.2, 0.25) is 0 Å². The summed E-state index contributed by atoms with van der Waals surface area (Å²) in [6.45, 7) is 11.5. The number of hydrogen-bond donors (Lipinski definition) is 0. The zero-order valence-electron chi connectivity index (χ0n) is 10.4. The van der Waals surface area contributed by atoms with Crippen molar-refractivity contribution in [2.45, 2.75) is 45.8 Å². The first-order valence-corrected chi connectivity index (χ1v) is 6.18. The summed E-state index contributed by atoms with van der Waals surface area (Å²) < 4.78 is 11.1. The largest absolute Gasteiger partial charge is 0.378 e. The van der Waals surface area contributed by atoms with Crippen LogP contribution in [0.5, 0.6) is 0 Å². The Hall–Kier alpha value is -0.120. The predicted octanol–water partition coefficient (Wildman–Crippen LogP) is 1.91. The van der Waals surface area contributed by atoms with Crippen molar-refractivity contribution in [1.29, 1.82) is 0 Å². The second-order valence-electron chi connectivity index (χ2n) is 4.43. The third-order valence-electron chi connectivity index (χ3n) is 2.92. The molecule has 3 nitrogen and oxygen atoms in total. The van der Waals surface area contributed by atoms with Gasteiger partial charge >= 0.3 is 0 Å². The number of nitrogens with zero attached hydrogens (tertiary/aromatic N) is 1. The molecular formula is C12H25NO2. The molecule has 0 aliphatic carbocycles. The first kappa shape index (κ1) is 12.9. The fourth-order valence-electron chi connectivity index (χ4n) is 1.78. The summed E-state index contributed by atoms with van der Waals surface area (Å²) in [5, 5.41) is 0. The van der Waals surface area contributed by atoms with Gasteiger partial charge in [0.25, 0.3) is 0 Å². The molecule has 1 aliphatic rings. The normalized spacial score (nSPS) is 25.4. The van der Waals surface area contributed by atoms with Crippen LogP contribution in [0.25, 0.3) is 0 Å². The van der Waals surface area contributed by atoms with Crippen LogP contribution in [0.4, 0.5) is 0 Å². The molecule has 0 aromatic rings. The Labute approximate surface area is 93.7 Å². The van der Waals surface area contributed by atoms with Crippen molar-refractivity contribution >= 4 is 0 Å². The van der Waals surface area contributed by atoms with Gasteiger partial charge in [-0.1, -0.05) is 6.92 Å². The highest BCUT2D eigenvalue weighted by Gasteiger charge is 2.15. The summed E-state index contributed by atoms with van der Waals surface area (Å²) in [5.74, 6) is 0. The first-order chi connectivity index (χ1) is 7.22. The van der Waals surface area contributed by atoms with E-state index in [1.807, 2.05) is 0 Å². The van der Waals surface area contributed by atoms with Gasteiger partial charge in [-0.2, -0.15) is 0 Å². The molecule has 0 bridgehead atoms. The second-order valence-corrected chi connectivity index (χ2v) is 4.43. The summed E-state index contributed by atoms with van der Waals surface area (Å²) in [6.07, 6.45) is 3.05. The Balaban J connectivity index is 1.99. The molecule has 0 amide bonds. The van der Waals surface area contributed by atoms with Crippen molar-refractivity contribution in [2.24, 2.45) is 0 Å². The van der Waals surface area contributed by atoms with Crippen LogP contribution in [0.1, 0.15) is 33.6 Å². The molecule has 90 valence electrons. The molecule has 0 aromatic carbocycles. The summed E-state index contributed by atoms with van der Waals surface area (Å²) in [6, 6.07) is 0. The van der Waals surface area contributed by atoms with Gasteiger partial charge in [-0.05, 0) is 26.7 Å². The van der Waals surface area contributed by atoms with E-state index >= 15 is 0 Å². The van der Waals surface area contributed by atoms with Gasteiger partial charge in [-0.25, -0.2) is 0 Å². The maximum atomic E-state index is 5.65. The van der Waals surface area contributed by atoms with Crippen molar-refractivity contribution in [3.05, 3.63) is 0 Å². The Morgan fingerprint density at radius 2 is 2.33 bits per heavy atom. The van der Waals surface area contributed by atoms with E-state index < -0.39 is 0 Å². The maximum absolute atomic E-state index is 5.65. The van der Waals surface area contributed by atoms with E-state index in [0.717, 1.165) is 45.7 Å². The van der Waals surface area contributed by atoms with Gasteiger partial charge in [0.1, 0.15) is 0 Å². The zero-order valence-corrected chi connectivity index (χ0v) is 10.4. The van der Waals surface area contributed by atoms with Crippen LogP contribution in [-0.4, -0.2) is 50.0 Å². The van der Waals surface area contributed by atoms with Gasteiger partial charge in [0, 0.05) is 26.2 Å². The molecule has 1 saturated heterocycles. The number of ether oxygens (including phenoxy) is 2. The molecule has 0 radical (unpaired) electrons. The van der Waals surface area contributed by atoms with Crippen LogP contribution in [-0.2, 0) is 9.47 Å². The van der Waals surface area contributed by atoms with E-state index in [9.17, 15) is 0 Å². The first-order valence-electron chi connectivity index (χ1n) is 6.18. The van der Waals surface area contributed by atoms with Crippen LogP contribution < -0.4 is 0 Å². The smallest absolute Gasteiger partial charge is 0.0674 e. The van der Waals surface area contributed by atoms with Crippen LogP contribution in [0.15, 0.2) is 0 Å². The highest BCUT2D eigenvalue weighted by molar-refractivity contribution is 4.67. The lowest BCUT2D eigenvalue weighted by Crippen LogP contribution is -2.41. The van der Waals surface area contributed by atoms with Crippen LogP contribution in [0, 0.1) is 0 Å². The summed E-state index contributed by atoms with van der Waals surface area (Å²) >= 11 is 0. The molecule has 1 fully saturated rings. The quantitative estimate of drug-likeness (QED) is 0.632. The molecule has 3 heteroatoms. The van der Waals surface area contributed by atoms with Crippen molar-refractivity contribution < 1.29 is 9.47 Å². The number of morpholine rings is 1. The fourth-order valence-corrected chi connectivity index (χ4v) is 1.78. The van der Waals surface area contributed by atoms with E-state index in [4.69, 9.17) is 9.47 Å². The highest BCUT2D eigenvalue weighted by Crippen LogP contribution is 2.05. The minimum absolute atomic E-state index is 0.397. The second kappa shape index (κ2) is 7.20. The monoisotopic (exact) mass is 215 g/mol. The molecule has 1 rings (SSSR count). The summed E-state index contributed by atoms with van der Waals surface area (Å²) in [5.41, 5.74) is 0. The van der Waals surface area contributed by atoms with E-state index in [1.165, 1.54) is 0 Å². The lowest BCUT2D eigenvalue weighted by atomic mass is 10.3. The zero-order chi connectivity index (χ0) is 11.1. The van der Waals surface area contributed by atoms with Gasteiger partial charge in [-0.3, -0.25) is 4.90 Å². The van der Waals surface area contributed by atoms with E-state index in [-0.39, 0.29) is 0 Å². The van der Waals surface area contributed by atoms with E-state index in [2.05, 4.69) is 25.7 Å². The Kier molecular flexibility index (Phi) is 6.22. The van der Waals surface area contributed by atoms with Crippen molar-refractivity contribution in [1.82, 2.24) is 4.90 Å². The molecule has 1 aliphatic heterocycles. The average Bonchev–Trinajstić information content (AvgIpc) is 2.24. The van der Waals surface area contributed by atoms with Crippen molar-refractivity contribution in [2.75, 3.05) is 32.8 Å². The molecule has 0 N–H and O–H groups in total. The lowest BCUT2D eigenvalue weighted by Gasteiger charge is -2.31. The molecule has 1 heterocycles. The minimum atomic E-state index is 0.397. The van der Waals surface area contributed by atoms with Crippen molar-refractivity contribution in [3.63, 3.8) is 0 Å². The summed E-state index contributed by atoms with van der Waals surface area (Å²) in [4.78, 5) is 2.47. The van der Waals surface area contributed by atoms with Gasteiger partial charge < -0.3 is 9.47 Å². The van der Waals surface area contributed by atoms with E-state index in [0.29, 0.717) is 12.2 Å². The number of hydrogen-bond acceptors (Lipinski definition) is 3. The molecule has 0 saturated carbocycles. The Morgan fingerprint density at radius 3 is 3.00 bits per heavy atom. The fraction of sp³-hybridized carbons (Fsp3) is 1.00. The maximum Gasteiger partial charge on any atom is 0.0674 e. The standard InChI is InChI=1S/C12H25NO2/c1-4-11(2)14-8-5-6-13-7-9-15-12(3)10-13/h11-12H,4-10H2,1-3H3/t11?,12-/m1/s1. The SMILES string of the molecule is CCC(C)OCCCN1CCO[C@H](C)C1. The highest BCUT2D eigenvalue weighted by atomic mass is 16.5.